The van der Waals surface area contributed by atoms with Crippen LogP contribution >= 0.6 is 0 Å². The van der Waals surface area contributed by atoms with Gasteiger partial charge in [0.2, 0.25) is 0 Å². The molecule has 2 saturated heterocycles. The van der Waals surface area contributed by atoms with Crippen LogP contribution in [-0.2, 0) is 0 Å². The van der Waals surface area contributed by atoms with Crippen LogP contribution in [0.5, 0.6) is 0 Å². The summed E-state index contributed by atoms with van der Waals surface area (Å²) in [5.41, 5.74) is 0.545. The van der Waals surface area contributed by atoms with Gasteiger partial charge in [0.25, 0.3) is 5.91 Å². The monoisotopic (exact) mass is 342 g/mol. The summed E-state index contributed by atoms with van der Waals surface area (Å²) in [5, 5.41) is 12.4. The third-order valence-electron chi connectivity index (χ3n) is 4.94. The lowest BCUT2D eigenvalue weighted by atomic mass is 10.2. The van der Waals surface area contributed by atoms with Gasteiger partial charge in [-0.2, -0.15) is 0 Å². The zero-order valence-corrected chi connectivity index (χ0v) is 14.4. The number of rotatable bonds is 3. The number of hydrogen-bond donors (Lipinski definition) is 0. The molecule has 0 N–H and O–H groups in total. The minimum absolute atomic E-state index is 0.0196. The van der Waals surface area contributed by atoms with Crippen molar-refractivity contribution in [3.05, 3.63) is 29.7 Å². The van der Waals surface area contributed by atoms with E-state index in [0.717, 1.165) is 37.8 Å². The second-order valence-electron chi connectivity index (χ2n) is 6.52. The first kappa shape index (κ1) is 15.9. The predicted molar refractivity (Wildman–Crippen MR) is 92.8 cm³/mol. The van der Waals surface area contributed by atoms with Crippen LogP contribution in [0.2, 0.25) is 0 Å². The van der Waals surface area contributed by atoms with Crippen LogP contribution in [0.15, 0.2) is 22.9 Å². The minimum Gasteiger partial charge on any atom is -0.361 e. The second kappa shape index (κ2) is 6.70. The molecule has 132 valence electrons. The van der Waals surface area contributed by atoms with Gasteiger partial charge in [-0.25, -0.2) is 0 Å². The highest BCUT2D eigenvalue weighted by Gasteiger charge is 2.25. The van der Waals surface area contributed by atoms with E-state index in [1.54, 1.807) is 6.92 Å². The van der Waals surface area contributed by atoms with E-state index in [1.165, 1.54) is 19.0 Å². The first-order valence-corrected chi connectivity index (χ1v) is 8.76. The molecule has 1 amide bonds. The maximum Gasteiger partial charge on any atom is 0.259 e. The molecule has 0 spiro atoms. The second-order valence-corrected chi connectivity index (χ2v) is 6.52. The lowest BCUT2D eigenvalue weighted by molar-refractivity contribution is 0.0744. The average molecular weight is 342 g/mol. The Labute approximate surface area is 146 Å². The third kappa shape index (κ3) is 3.16. The van der Waals surface area contributed by atoms with E-state index in [-0.39, 0.29) is 5.91 Å². The van der Waals surface area contributed by atoms with Crippen molar-refractivity contribution in [3.8, 4) is 0 Å². The van der Waals surface area contributed by atoms with E-state index in [9.17, 15) is 4.79 Å². The lowest BCUT2D eigenvalue weighted by Crippen LogP contribution is -2.49. The summed E-state index contributed by atoms with van der Waals surface area (Å²) in [5.74, 6) is 2.37. The van der Waals surface area contributed by atoms with Crippen molar-refractivity contribution in [2.45, 2.75) is 19.8 Å². The largest absolute Gasteiger partial charge is 0.361 e. The summed E-state index contributed by atoms with van der Waals surface area (Å²) in [4.78, 5) is 18.8. The summed E-state index contributed by atoms with van der Waals surface area (Å²) in [6.07, 6.45) is 3.95. The number of amides is 1. The number of hydrogen-bond acceptors (Lipinski definition) is 7. The summed E-state index contributed by atoms with van der Waals surface area (Å²) in [7, 11) is 0. The number of carbonyl (C=O) groups is 1. The highest BCUT2D eigenvalue weighted by molar-refractivity contribution is 5.94. The molecule has 2 aliphatic heterocycles. The number of anilines is 2. The fourth-order valence-electron chi connectivity index (χ4n) is 3.41. The fourth-order valence-corrected chi connectivity index (χ4v) is 3.41. The lowest BCUT2D eigenvalue weighted by Gasteiger charge is -2.35. The Morgan fingerprint density at radius 2 is 1.56 bits per heavy atom. The van der Waals surface area contributed by atoms with Gasteiger partial charge in [0.15, 0.2) is 11.6 Å². The summed E-state index contributed by atoms with van der Waals surface area (Å²) >= 11 is 0. The van der Waals surface area contributed by atoms with Gasteiger partial charge in [-0.05, 0) is 31.9 Å². The molecule has 2 fully saturated rings. The molecule has 2 aromatic heterocycles. The summed E-state index contributed by atoms with van der Waals surface area (Å²) in [6, 6.07) is 4.08. The maximum absolute atomic E-state index is 12.5. The molecule has 25 heavy (non-hydrogen) atoms. The van der Waals surface area contributed by atoms with Crippen LogP contribution in [0.25, 0.3) is 0 Å². The zero-order valence-electron chi connectivity index (χ0n) is 14.4. The van der Waals surface area contributed by atoms with Crippen LogP contribution in [0, 0.1) is 6.92 Å². The molecule has 4 rings (SSSR count). The van der Waals surface area contributed by atoms with E-state index in [1.807, 2.05) is 17.0 Å². The minimum atomic E-state index is -0.0196. The van der Waals surface area contributed by atoms with Crippen LogP contribution in [-0.4, -0.2) is 65.4 Å². The molecular weight excluding hydrogens is 320 g/mol. The van der Waals surface area contributed by atoms with E-state index in [4.69, 9.17) is 4.52 Å². The highest BCUT2D eigenvalue weighted by atomic mass is 16.5. The standard InChI is InChI=1S/C17H22N6O2/c1-13-14(12-18-25-13)17(24)23-10-8-22(9-11-23)16-5-4-15(19-20-16)21-6-2-3-7-21/h4-5,12H,2-3,6-11H2,1H3. The zero-order chi connectivity index (χ0) is 17.2. The summed E-state index contributed by atoms with van der Waals surface area (Å²) in [6.45, 7) is 6.68. The van der Waals surface area contributed by atoms with Crippen molar-refractivity contribution >= 4 is 17.5 Å². The van der Waals surface area contributed by atoms with Crippen molar-refractivity contribution in [2.75, 3.05) is 49.1 Å². The number of piperazine rings is 1. The van der Waals surface area contributed by atoms with Crippen molar-refractivity contribution in [3.63, 3.8) is 0 Å². The van der Waals surface area contributed by atoms with Crippen LogP contribution in [0.1, 0.15) is 29.0 Å². The molecular formula is C17H22N6O2. The van der Waals surface area contributed by atoms with E-state index >= 15 is 0 Å². The van der Waals surface area contributed by atoms with Gasteiger partial charge in [-0.3, -0.25) is 4.79 Å². The molecule has 0 radical (unpaired) electrons. The number of carbonyl (C=O) groups excluding carboxylic acids is 1. The van der Waals surface area contributed by atoms with Crippen molar-refractivity contribution in [2.24, 2.45) is 0 Å². The molecule has 4 heterocycles. The Morgan fingerprint density at radius 3 is 2.08 bits per heavy atom. The average Bonchev–Trinajstić information content (AvgIpc) is 3.33. The first-order chi connectivity index (χ1) is 12.2. The van der Waals surface area contributed by atoms with Crippen molar-refractivity contribution in [1.82, 2.24) is 20.3 Å². The van der Waals surface area contributed by atoms with E-state index < -0.39 is 0 Å². The molecule has 0 bridgehead atoms. The molecule has 0 aliphatic carbocycles. The van der Waals surface area contributed by atoms with E-state index in [0.29, 0.717) is 24.4 Å². The Bertz CT molecular complexity index is 730. The van der Waals surface area contributed by atoms with Gasteiger partial charge in [0.05, 0.1) is 6.20 Å². The van der Waals surface area contributed by atoms with Crippen molar-refractivity contribution in [1.29, 1.82) is 0 Å². The van der Waals surface area contributed by atoms with Gasteiger partial charge in [-0.1, -0.05) is 5.16 Å². The molecule has 2 aromatic rings. The molecule has 0 aromatic carbocycles. The van der Waals surface area contributed by atoms with Crippen LogP contribution in [0.3, 0.4) is 0 Å². The molecule has 0 saturated carbocycles. The van der Waals surface area contributed by atoms with Gasteiger partial charge in [0, 0.05) is 39.3 Å². The van der Waals surface area contributed by atoms with Crippen molar-refractivity contribution < 1.29 is 9.32 Å². The molecule has 0 atom stereocenters. The highest BCUT2D eigenvalue weighted by Crippen LogP contribution is 2.20. The van der Waals surface area contributed by atoms with Crippen LogP contribution < -0.4 is 9.80 Å². The van der Waals surface area contributed by atoms with Crippen LogP contribution in [0.4, 0.5) is 11.6 Å². The first-order valence-electron chi connectivity index (χ1n) is 8.76. The smallest absolute Gasteiger partial charge is 0.259 e. The molecule has 2 aliphatic rings. The quantitative estimate of drug-likeness (QED) is 0.833. The molecule has 8 heteroatoms. The molecule has 8 nitrogen and oxygen atoms in total. The van der Waals surface area contributed by atoms with Gasteiger partial charge < -0.3 is 19.2 Å². The normalized spacial score (nSPS) is 18.0. The fraction of sp³-hybridized carbons (Fsp3) is 0.529. The number of nitrogens with zero attached hydrogens (tertiary/aromatic N) is 6. The Kier molecular flexibility index (Phi) is 4.25. The number of aromatic nitrogens is 3. The van der Waals surface area contributed by atoms with Gasteiger partial charge in [0.1, 0.15) is 11.3 Å². The Morgan fingerprint density at radius 1 is 0.960 bits per heavy atom. The Balaban J connectivity index is 1.37. The summed E-state index contributed by atoms with van der Waals surface area (Å²) < 4.78 is 4.99. The van der Waals surface area contributed by atoms with Gasteiger partial charge in [-0.15, -0.1) is 10.2 Å². The maximum atomic E-state index is 12.5. The Hall–Kier alpha value is -2.64. The topological polar surface area (TPSA) is 78.6 Å². The molecule has 0 unspecified atom stereocenters. The number of aryl methyl sites for hydroxylation is 1. The predicted octanol–water partition coefficient (Wildman–Crippen LogP) is 1.34. The SMILES string of the molecule is Cc1oncc1C(=O)N1CCN(c2ccc(N3CCCC3)nn2)CC1. The third-order valence-corrected chi connectivity index (χ3v) is 4.94. The van der Waals surface area contributed by atoms with Gasteiger partial charge >= 0.3 is 0 Å². The van der Waals surface area contributed by atoms with E-state index in [2.05, 4.69) is 25.2 Å².